The van der Waals surface area contributed by atoms with Crippen molar-refractivity contribution in [1.82, 2.24) is 0 Å². The Kier molecular flexibility index (Phi) is 17.4. The van der Waals surface area contributed by atoms with Crippen LogP contribution < -0.4 is 47.4 Å². The van der Waals surface area contributed by atoms with Crippen molar-refractivity contribution in [2.75, 3.05) is 84.3 Å². The smallest absolute Gasteiger partial charge is 0.203 e. The van der Waals surface area contributed by atoms with Gasteiger partial charge in [-0.15, -0.1) is 0 Å². The molecule has 0 saturated heterocycles. The van der Waals surface area contributed by atoms with Gasteiger partial charge in [0.25, 0.3) is 0 Å². The molecular formula is C44H58O12. The van der Waals surface area contributed by atoms with Crippen LogP contribution in [0, 0.1) is 11.8 Å². The highest BCUT2D eigenvalue weighted by molar-refractivity contribution is 5.54. The number of hydrogen-bond acceptors (Lipinski definition) is 12. The maximum atomic E-state index is 6.57. The van der Waals surface area contributed by atoms with E-state index in [0.29, 0.717) is 67.3 Å². The van der Waals surface area contributed by atoms with E-state index in [1.165, 1.54) is 0 Å². The summed E-state index contributed by atoms with van der Waals surface area (Å²) in [5, 5.41) is 0. The zero-order valence-corrected chi connectivity index (χ0v) is 34.5. The summed E-state index contributed by atoms with van der Waals surface area (Å²) in [6, 6.07) is 19.7. The van der Waals surface area contributed by atoms with Crippen LogP contribution in [-0.4, -0.2) is 84.3 Å². The van der Waals surface area contributed by atoms with E-state index in [1.807, 2.05) is 36.4 Å². The lowest BCUT2D eigenvalue weighted by Crippen LogP contribution is -2.25. The van der Waals surface area contributed by atoms with Crippen molar-refractivity contribution in [1.29, 1.82) is 0 Å². The van der Waals surface area contributed by atoms with Crippen molar-refractivity contribution in [2.24, 2.45) is 11.8 Å². The van der Waals surface area contributed by atoms with Gasteiger partial charge in [0.05, 0.1) is 90.9 Å². The fourth-order valence-corrected chi connectivity index (χ4v) is 6.84. The highest BCUT2D eigenvalue weighted by Crippen LogP contribution is 2.40. The predicted octanol–water partition coefficient (Wildman–Crippen LogP) is 8.00. The molecule has 0 aromatic heterocycles. The maximum absolute atomic E-state index is 6.57. The van der Waals surface area contributed by atoms with E-state index < -0.39 is 0 Å². The van der Waals surface area contributed by atoms with Crippen LogP contribution in [0.1, 0.15) is 35.1 Å². The quantitative estimate of drug-likeness (QED) is 0.0608. The first-order valence-corrected chi connectivity index (χ1v) is 18.4. The molecule has 4 rings (SSSR count). The molecule has 0 spiro atoms. The summed E-state index contributed by atoms with van der Waals surface area (Å²) in [5.74, 6) is 6.55. The minimum absolute atomic E-state index is 0.0705. The molecule has 0 aliphatic carbocycles. The van der Waals surface area contributed by atoms with Crippen molar-refractivity contribution in [3.8, 4) is 57.5 Å². The van der Waals surface area contributed by atoms with Crippen molar-refractivity contribution in [3.63, 3.8) is 0 Å². The van der Waals surface area contributed by atoms with E-state index in [9.17, 15) is 0 Å². The second-order valence-corrected chi connectivity index (χ2v) is 13.1. The summed E-state index contributed by atoms with van der Waals surface area (Å²) in [4.78, 5) is 0. The molecule has 12 nitrogen and oxygen atoms in total. The molecule has 0 fully saturated rings. The standard InChI is InChI=1S/C44H58O12/c1-45-35-16-29(17-36(24-35)46-2)14-33(12-11-13-55-26-31-20-39(49-5)43(53-9)40(21-31)50-6)34(15-30-18-37(47-3)25-38(19-30)48-4)28-56-27-32-22-41(51-7)44(54-10)42(23-32)52-8/h16-25,33-34H,11-15,26-28H2,1-10H3/t33-,34+/m1/s1. The first-order chi connectivity index (χ1) is 27.3. The van der Waals surface area contributed by atoms with Gasteiger partial charge in [-0.2, -0.15) is 0 Å². The summed E-state index contributed by atoms with van der Waals surface area (Å²) in [6.07, 6.45) is 3.12. The fraction of sp³-hybridized carbons (Fsp3) is 0.455. The van der Waals surface area contributed by atoms with Crippen LogP contribution in [0.4, 0.5) is 0 Å². The number of hydrogen-bond donors (Lipinski definition) is 0. The second kappa shape index (κ2) is 22.4. The first-order valence-electron chi connectivity index (χ1n) is 18.4. The van der Waals surface area contributed by atoms with Crippen LogP contribution in [0.15, 0.2) is 60.7 Å². The molecule has 0 radical (unpaired) electrons. The monoisotopic (exact) mass is 778 g/mol. The van der Waals surface area contributed by atoms with Gasteiger partial charge in [0, 0.05) is 18.7 Å². The Morgan fingerprint density at radius 3 is 1.11 bits per heavy atom. The SMILES string of the molecule is COc1cc(C[C@@H](CCCOCc2cc(OC)c(OC)c(OC)c2)[C@H](COCc2cc(OC)c(OC)c(OC)c2)Cc2cc(OC)cc(OC)c2)cc(OC)c1. The van der Waals surface area contributed by atoms with E-state index in [-0.39, 0.29) is 11.8 Å². The molecule has 12 heteroatoms. The molecular weight excluding hydrogens is 720 g/mol. The summed E-state index contributed by atoms with van der Waals surface area (Å²) < 4.78 is 68.7. The van der Waals surface area contributed by atoms with E-state index in [0.717, 1.165) is 64.5 Å². The molecule has 0 bridgehead atoms. The van der Waals surface area contributed by atoms with Gasteiger partial charge in [-0.3, -0.25) is 0 Å². The predicted molar refractivity (Wildman–Crippen MR) is 214 cm³/mol. The Labute approximate surface area is 331 Å². The third kappa shape index (κ3) is 11.9. The van der Waals surface area contributed by atoms with Gasteiger partial charge >= 0.3 is 0 Å². The van der Waals surface area contributed by atoms with E-state index in [2.05, 4.69) is 24.3 Å². The largest absolute Gasteiger partial charge is 0.497 e. The molecule has 4 aromatic rings. The molecule has 56 heavy (non-hydrogen) atoms. The lowest BCUT2D eigenvalue weighted by molar-refractivity contribution is 0.0578. The minimum atomic E-state index is 0.0705. The average molecular weight is 779 g/mol. The molecule has 0 N–H and O–H groups in total. The van der Waals surface area contributed by atoms with Crippen LogP contribution in [0.25, 0.3) is 0 Å². The fourth-order valence-electron chi connectivity index (χ4n) is 6.84. The van der Waals surface area contributed by atoms with Gasteiger partial charge in [0.2, 0.25) is 11.5 Å². The Morgan fingerprint density at radius 2 is 0.750 bits per heavy atom. The molecule has 0 heterocycles. The zero-order valence-electron chi connectivity index (χ0n) is 34.5. The molecule has 0 amide bonds. The normalized spacial score (nSPS) is 12.0. The Hall–Kier alpha value is -5.20. The number of rotatable bonds is 25. The number of benzene rings is 4. The van der Waals surface area contributed by atoms with Crippen molar-refractivity contribution >= 4 is 0 Å². The molecule has 2 atom stereocenters. The highest BCUT2D eigenvalue weighted by atomic mass is 16.5. The van der Waals surface area contributed by atoms with E-state index in [4.69, 9.17) is 56.8 Å². The van der Waals surface area contributed by atoms with E-state index >= 15 is 0 Å². The number of ether oxygens (including phenoxy) is 12. The average Bonchev–Trinajstić information content (AvgIpc) is 3.24. The minimum Gasteiger partial charge on any atom is -0.497 e. The molecule has 0 saturated carbocycles. The summed E-state index contributed by atoms with van der Waals surface area (Å²) in [5.41, 5.74) is 4.00. The Bertz CT molecular complexity index is 1710. The number of methoxy groups -OCH3 is 10. The topological polar surface area (TPSA) is 111 Å². The third-order valence-electron chi connectivity index (χ3n) is 9.67. The van der Waals surface area contributed by atoms with Crippen molar-refractivity contribution < 1.29 is 56.8 Å². The van der Waals surface area contributed by atoms with Crippen LogP contribution in [0.2, 0.25) is 0 Å². The Morgan fingerprint density at radius 1 is 0.375 bits per heavy atom. The lowest BCUT2D eigenvalue weighted by Gasteiger charge is -2.28. The summed E-state index contributed by atoms with van der Waals surface area (Å²) in [6.45, 7) is 1.74. The molecule has 306 valence electrons. The van der Waals surface area contributed by atoms with Crippen molar-refractivity contribution in [3.05, 3.63) is 82.9 Å². The van der Waals surface area contributed by atoms with Crippen LogP contribution in [0.5, 0.6) is 57.5 Å². The Balaban J connectivity index is 1.62. The van der Waals surface area contributed by atoms with Gasteiger partial charge < -0.3 is 56.8 Å². The first kappa shape index (κ1) is 43.5. The highest BCUT2D eigenvalue weighted by Gasteiger charge is 2.25. The van der Waals surface area contributed by atoms with Crippen LogP contribution in [-0.2, 0) is 35.5 Å². The van der Waals surface area contributed by atoms with Crippen LogP contribution >= 0.6 is 0 Å². The summed E-state index contributed by atoms with van der Waals surface area (Å²) in [7, 11) is 16.2. The second-order valence-electron chi connectivity index (χ2n) is 13.1. The molecule has 0 unspecified atom stereocenters. The van der Waals surface area contributed by atoms with Gasteiger partial charge in [-0.05, 0) is 108 Å². The molecule has 4 aromatic carbocycles. The third-order valence-corrected chi connectivity index (χ3v) is 9.67. The van der Waals surface area contributed by atoms with Gasteiger partial charge in [0.1, 0.15) is 23.0 Å². The lowest BCUT2D eigenvalue weighted by atomic mass is 9.80. The van der Waals surface area contributed by atoms with Gasteiger partial charge in [-0.1, -0.05) is 0 Å². The maximum Gasteiger partial charge on any atom is 0.203 e. The molecule has 0 aliphatic rings. The van der Waals surface area contributed by atoms with Crippen molar-refractivity contribution in [2.45, 2.75) is 38.9 Å². The van der Waals surface area contributed by atoms with Crippen LogP contribution in [0.3, 0.4) is 0 Å². The zero-order chi connectivity index (χ0) is 40.5. The van der Waals surface area contributed by atoms with Gasteiger partial charge in [-0.25, -0.2) is 0 Å². The molecule has 0 aliphatic heterocycles. The van der Waals surface area contributed by atoms with Gasteiger partial charge in [0.15, 0.2) is 23.0 Å². The van der Waals surface area contributed by atoms with E-state index in [1.54, 1.807) is 71.1 Å². The summed E-state index contributed by atoms with van der Waals surface area (Å²) >= 11 is 0.